The van der Waals surface area contributed by atoms with Crippen molar-refractivity contribution < 1.29 is 19.1 Å². The largest absolute Gasteiger partial charge is 0.385 e. The number of hydrogen-bond donors (Lipinski definition) is 3. The van der Waals surface area contributed by atoms with E-state index in [9.17, 15) is 14.4 Å². The third kappa shape index (κ3) is 7.38. The van der Waals surface area contributed by atoms with Crippen molar-refractivity contribution in [2.75, 3.05) is 68.1 Å². The monoisotopic (exact) mass is 514 g/mol. The minimum atomic E-state index is -0.107. The first-order valence-corrected chi connectivity index (χ1v) is 12.9. The van der Waals surface area contributed by atoms with Crippen LogP contribution < -0.4 is 20.9 Å². The second-order valence-corrected chi connectivity index (χ2v) is 8.94. The summed E-state index contributed by atoms with van der Waals surface area (Å²) in [4.78, 5) is 43.5. The molecule has 0 aliphatic carbocycles. The Hall–Kier alpha value is -3.23. The van der Waals surface area contributed by atoms with E-state index < -0.39 is 0 Å². The first-order valence-electron chi connectivity index (χ1n) is 12.1. The number of hydrogen-bond acceptors (Lipinski definition) is 8. The lowest BCUT2D eigenvalue weighted by Crippen LogP contribution is -2.41. The molecule has 10 nitrogen and oxygen atoms in total. The molecule has 36 heavy (non-hydrogen) atoms. The summed E-state index contributed by atoms with van der Waals surface area (Å²) in [6.45, 7) is 3.01. The van der Waals surface area contributed by atoms with E-state index in [0.717, 1.165) is 42.4 Å². The Kier molecular flexibility index (Phi) is 10.9. The van der Waals surface area contributed by atoms with Gasteiger partial charge in [0.05, 0.1) is 24.1 Å². The molecule has 3 rings (SSSR count). The fourth-order valence-electron chi connectivity index (χ4n) is 4.25. The zero-order chi connectivity index (χ0) is 25.8. The molecule has 1 atom stereocenters. The lowest BCUT2D eigenvalue weighted by atomic mass is 10.1. The van der Waals surface area contributed by atoms with Gasteiger partial charge in [0.1, 0.15) is 12.1 Å². The van der Waals surface area contributed by atoms with Gasteiger partial charge in [-0.2, -0.15) is 0 Å². The number of aromatic nitrogens is 1. The number of nitrogens with zero attached hydrogens (tertiary/aromatic N) is 3. The van der Waals surface area contributed by atoms with Crippen molar-refractivity contribution in [1.29, 1.82) is 0 Å². The molecule has 1 aliphatic rings. The maximum Gasteiger partial charge on any atom is 0.254 e. The minimum absolute atomic E-state index is 0.107. The van der Waals surface area contributed by atoms with E-state index in [2.05, 4.69) is 35.1 Å². The van der Waals surface area contributed by atoms with Crippen LogP contribution in [0.15, 0.2) is 36.5 Å². The lowest BCUT2D eigenvalue weighted by molar-refractivity contribution is -0.109. The van der Waals surface area contributed by atoms with Crippen molar-refractivity contribution in [3.8, 4) is 0 Å². The molecule has 1 aliphatic heterocycles. The van der Waals surface area contributed by atoms with Crippen LogP contribution in [-0.2, 0) is 14.3 Å². The summed E-state index contributed by atoms with van der Waals surface area (Å²) in [5.74, 6) is 0.498. The molecule has 11 heteroatoms. The number of pyridine rings is 1. The highest BCUT2D eigenvalue weighted by molar-refractivity contribution is 7.16. The van der Waals surface area contributed by atoms with Gasteiger partial charge in [0, 0.05) is 63.3 Å². The molecule has 0 saturated carbocycles. The van der Waals surface area contributed by atoms with Crippen molar-refractivity contribution in [2.24, 2.45) is 0 Å². The summed E-state index contributed by atoms with van der Waals surface area (Å²) >= 11 is 0. The van der Waals surface area contributed by atoms with Gasteiger partial charge in [-0.15, -0.1) is 9.24 Å². The van der Waals surface area contributed by atoms with Crippen LogP contribution in [0.4, 0.5) is 22.9 Å². The average Bonchev–Trinajstić information content (AvgIpc) is 2.91. The quantitative estimate of drug-likeness (QED) is 0.200. The molecule has 1 aromatic carbocycles. The van der Waals surface area contributed by atoms with E-state index in [1.54, 1.807) is 23.2 Å². The zero-order valence-electron chi connectivity index (χ0n) is 20.6. The number of amides is 2. The van der Waals surface area contributed by atoms with Crippen LogP contribution in [0.2, 0.25) is 0 Å². The summed E-state index contributed by atoms with van der Waals surface area (Å²) in [5, 5.41) is 9.08. The van der Waals surface area contributed by atoms with Crippen LogP contribution in [0.1, 0.15) is 23.2 Å². The summed E-state index contributed by atoms with van der Waals surface area (Å²) in [6.07, 6.45) is 5.72. The van der Waals surface area contributed by atoms with Crippen molar-refractivity contribution >= 4 is 50.7 Å². The molecule has 0 spiro atoms. The molecule has 1 fully saturated rings. The maximum absolute atomic E-state index is 13.1. The Morgan fingerprint density at radius 3 is 2.72 bits per heavy atom. The summed E-state index contributed by atoms with van der Waals surface area (Å²) in [5.41, 5.74) is 2.98. The number of ether oxygens (including phenoxy) is 1. The highest BCUT2D eigenvalue weighted by Crippen LogP contribution is 2.32. The van der Waals surface area contributed by atoms with Crippen LogP contribution in [-0.4, -0.2) is 87.1 Å². The molecule has 2 amide bonds. The number of nitrogens with one attached hydrogen (secondary N) is 3. The third-order valence-electron chi connectivity index (χ3n) is 6.04. The van der Waals surface area contributed by atoms with Crippen LogP contribution in [0.5, 0.6) is 0 Å². The number of aldehydes is 1. The van der Waals surface area contributed by atoms with Gasteiger partial charge in [0.2, 0.25) is 6.41 Å². The van der Waals surface area contributed by atoms with Gasteiger partial charge >= 0.3 is 0 Å². The molecule has 3 N–H and O–H groups in total. The Labute approximate surface area is 214 Å². The van der Waals surface area contributed by atoms with Crippen LogP contribution in [0.3, 0.4) is 0 Å². The molecular weight excluding hydrogens is 479 g/mol. The van der Waals surface area contributed by atoms with E-state index in [1.165, 1.54) is 0 Å². The first kappa shape index (κ1) is 27.4. The van der Waals surface area contributed by atoms with Gasteiger partial charge in [0.15, 0.2) is 0 Å². The fourth-order valence-corrected chi connectivity index (χ4v) is 4.57. The highest BCUT2D eigenvalue weighted by atomic mass is 31.0. The Morgan fingerprint density at radius 2 is 2.03 bits per heavy atom. The predicted octanol–water partition coefficient (Wildman–Crippen LogP) is 2.11. The van der Waals surface area contributed by atoms with Crippen molar-refractivity contribution in [3.05, 3.63) is 42.1 Å². The molecule has 1 saturated heterocycles. The fraction of sp³-hybridized carbons (Fsp3) is 0.440. The molecule has 0 radical (unpaired) electrons. The Bertz CT molecular complexity index is 1020. The maximum atomic E-state index is 13.1. The molecule has 0 bridgehead atoms. The van der Waals surface area contributed by atoms with Gasteiger partial charge in [-0.3, -0.25) is 9.59 Å². The van der Waals surface area contributed by atoms with Crippen LogP contribution in [0, 0.1) is 0 Å². The lowest BCUT2D eigenvalue weighted by Gasteiger charge is -2.36. The normalized spacial score (nSPS) is 13.5. The van der Waals surface area contributed by atoms with Crippen molar-refractivity contribution in [1.82, 2.24) is 15.2 Å². The van der Waals surface area contributed by atoms with E-state index in [4.69, 9.17) is 4.74 Å². The van der Waals surface area contributed by atoms with Gasteiger partial charge in [-0.25, -0.2) is 4.98 Å². The van der Waals surface area contributed by atoms with Gasteiger partial charge in [-0.05, 0) is 37.2 Å². The molecular formula is C25H35N6O4P. The van der Waals surface area contributed by atoms with Crippen LogP contribution in [0.25, 0.3) is 0 Å². The number of anilines is 4. The number of benzene rings is 1. The predicted molar refractivity (Wildman–Crippen MR) is 145 cm³/mol. The second-order valence-electron chi connectivity index (χ2n) is 8.36. The number of rotatable bonds is 14. The second kappa shape index (κ2) is 14.4. The standard InChI is InChI=1S/C25H35N6O4P/c1-26-22-17-28-24(16-23(22)31(9-11-32)21-5-12-35-13-6-21)29-20-4-2-3-19(15-20)25(34)30(10-14-36)8-7-27-18-33/h2-4,11,15-18,21,26H,5-10,12-14,36H2,1H3,(H,27,33)(H,28,29). The van der Waals surface area contributed by atoms with E-state index >= 15 is 0 Å². The summed E-state index contributed by atoms with van der Waals surface area (Å²) < 4.78 is 5.51. The Morgan fingerprint density at radius 1 is 1.22 bits per heavy atom. The third-order valence-corrected chi connectivity index (χ3v) is 6.30. The molecule has 2 aromatic rings. The number of carbonyl (C=O) groups is 3. The molecule has 1 unspecified atom stereocenters. The SMILES string of the molecule is CNc1cnc(Nc2cccc(C(=O)N(CCP)CCNC=O)c2)cc1N(CC=O)C1CCOCC1. The van der Waals surface area contributed by atoms with Gasteiger partial charge in [0.25, 0.3) is 5.91 Å². The zero-order valence-corrected chi connectivity index (χ0v) is 21.8. The smallest absolute Gasteiger partial charge is 0.254 e. The van der Waals surface area contributed by atoms with Crippen LogP contribution >= 0.6 is 9.24 Å². The average molecular weight is 515 g/mol. The first-order chi connectivity index (χ1) is 17.6. The molecule has 1 aromatic heterocycles. The van der Waals surface area contributed by atoms with Gasteiger partial charge in [-0.1, -0.05) is 6.07 Å². The van der Waals surface area contributed by atoms with E-state index in [-0.39, 0.29) is 18.5 Å². The van der Waals surface area contributed by atoms with Crippen molar-refractivity contribution in [2.45, 2.75) is 18.9 Å². The molecule has 2 heterocycles. The van der Waals surface area contributed by atoms with E-state index in [0.29, 0.717) is 50.6 Å². The minimum Gasteiger partial charge on any atom is -0.385 e. The number of carbonyl (C=O) groups excluding carboxylic acids is 3. The summed E-state index contributed by atoms with van der Waals surface area (Å²) in [7, 11) is 4.45. The van der Waals surface area contributed by atoms with E-state index in [1.807, 2.05) is 25.2 Å². The summed E-state index contributed by atoms with van der Waals surface area (Å²) in [6, 6.07) is 9.38. The highest BCUT2D eigenvalue weighted by Gasteiger charge is 2.24. The Balaban J connectivity index is 1.82. The van der Waals surface area contributed by atoms with Crippen molar-refractivity contribution in [3.63, 3.8) is 0 Å². The molecule has 194 valence electrons. The van der Waals surface area contributed by atoms with Gasteiger partial charge < -0.3 is 35.3 Å². The topological polar surface area (TPSA) is 116 Å².